The first-order valence-electron chi connectivity index (χ1n) is 8.94. The lowest BCUT2D eigenvalue weighted by molar-refractivity contribution is -0.141. The van der Waals surface area contributed by atoms with E-state index in [-0.39, 0.29) is 18.4 Å². The van der Waals surface area contributed by atoms with E-state index in [0.29, 0.717) is 11.3 Å². The second kappa shape index (κ2) is 8.03. The fraction of sp³-hybridized carbons (Fsp3) is 0.286. The molecule has 0 saturated heterocycles. The summed E-state index contributed by atoms with van der Waals surface area (Å²) < 4.78 is 0. The summed E-state index contributed by atoms with van der Waals surface area (Å²) in [5, 5.41) is 12.2. The molecule has 27 heavy (non-hydrogen) atoms. The molecule has 0 aliphatic heterocycles. The Morgan fingerprint density at radius 2 is 1.81 bits per heavy atom. The van der Waals surface area contributed by atoms with Crippen molar-refractivity contribution in [2.75, 3.05) is 5.32 Å². The minimum absolute atomic E-state index is 0.0420. The lowest BCUT2D eigenvalue weighted by Gasteiger charge is -2.27. The van der Waals surface area contributed by atoms with E-state index in [0.717, 1.165) is 18.4 Å². The summed E-state index contributed by atoms with van der Waals surface area (Å²) in [6, 6.07) is 14.9. The van der Waals surface area contributed by atoms with Crippen LogP contribution in [-0.4, -0.2) is 33.8 Å². The normalized spacial score (nSPS) is 14.3. The summed E-state index contributed by atoms with van der Waals surface area (Å²) in [4.78, 5) is 37.8. The van der Waals surface area contributed by atoms with Crippen LogP contribution in [0.2, 0.25) is 0 Å². The molecular formula is C21H22N2O4. The third kappa shape index (κ3) is 4.73. The molecule has 6 nitrogen and oxygen atoms in total. The van der Waals surface area contributed by atoms with E-state index in [1.165, 1.54) is 11.8 Å². The van der Waals surface area contributed by atoms with E-state index >= 15 is 0 Å². The lowest BCUT2D eigenvalue weighted by Crippen LogP contribution is -2.42. The van der Waals surface area contributed by atoms with Crippen LogP contribution in [0.25, 0.3) is 0 Å². The van der Waals surface area contributed by atoms with Crippen LogP contribution in [0, 0.1) is 5.92 Å². The second-order valence-corrected chi connectivity index (χ2v) is 6.78. The largest absolute Gasteiger partial charge is 0.480 e. The van der Waals surface area contributed by atoms with Gasteiger partial charge in [-0.05, 0) is 43.5 Å². The Labute approximate surface area is 157 Å². The van der Waals surface area contributed by atoms with Crippen LogP contribution in [0.15, 0.2) is 54.6 Å². The molecule has 1 atom stereocenters. The molecule has 2 amide bonds. The van der Waals surface area contributed by atoms with Crippen LogP contribution in [0.3, 0.4) is 0 Å². The summed E-state index contributed by atoms with van der Waals surface area (Å²) in [6.07, 6.45) is 1.79. The van der Waals surface area contributed by atoms with Crippen molar-refractivity contribution in [2.45, 2.75) is 32.4 Å². The van der Waals surface area contributed by atoms with Gasteiger partial charge in [-0.2, -0.15) is 0 Å². The topological polar surface area (TPSA) is 86.7 Å². The molecule has 140 valence electrons. The first-order chi connectivity index (χ1) is 13.0. The van der Waals surface area contributed by atoms with Crippen molar-refractivity contribution in [3.05, 3.63) is 65.7 Å². The van der Waals surface area contributed by atoms with E-state index in [1.54, 1.807) is 24.3 Å². The predicted molar refractivity (Wildman–Crippen MR) is 101 cm³/mol. The molecule has 2 N–H and O–H groups in total. The molecule has 6 heteroatoms. The van der Waals surface area contributed by atoms with Crippen molar-refractivity contribution in [3.8, 4) is 0 Å². The van der Waals surface area contributed by atoms with Crippen LogP contribution in [0.1, 0.15) is 35.7 Å². The molecule has 0 bridgehead atoms. The number of amides is 2. The van der Waals surface area contributed by atoms with E-state index in [9.17, 15) is 19.5 Å². The Morgan fingerprint density at radius 1 is 1.11 bits per heavy atom. The van der Waals surface area contributed by atoms with Crippen LogP contribution in [0.4, 0.5) is 5.69 Å². The van der Waals surface area contributed by atoms with Crippen LogP contribution >= 0.6 is 0 Å². The zero-order valence-electron chi connectivity index (χ0n) is 15.1. The van der Waals surface area contributed by atoms with Gasteiger partial charge in [-0.15, -0.1) is 0 Å². The number of carbonyl (C=O) groups is 3. The Bertz CT molecular complexity index is 846. The van der Waals surface area contributed by atoms with Gasteiger partial charge in [0.2, 0.25) is 5.91 Å². The van der Waals surface area contributed by atoms with Crippen LogP contribution in [0.5, 0.6) is 0 Å². The molecule has 2 aromatic carbocycles. The zero-order valence-corrected chi connectivity index (χ0v) is 15.1. The van der Waals surface area contributed by atoms with Gasteiger partial charge in [0.15, 0.2) is 0 Å². The fourth-order valence-electron chi connectivity index (χ4n) is 2.78. The molecule has 1 aliphatic carbocycles. The third-order valence-electron chi connectivity index (χ3n) is 4.61. The highest BCUT2D eigenvalue weighted by Gasteiger charge is 2.30. The molecule has 0 spiro atoms. The standard InChI is InChI=1S/C21H22N2O4/c1-14(21(26)27)23(13-15-6-3-2-4-7-15)20(25)17-8-5-9-18(12-17)22-19(24)16-10-11-16/h2-9,12,14,16H,10-11,13H2,1H3,(H,22,24)(H,26,27). The first-order valence-corrected chi connectivity index (χ1v) is 8.94. The highest BCUT2D eigenvalue weighted by molar-refractivity contribution is 5.99. The molecule has 2 aromatic rings. The van der Waals surface area contributed by atoms with Crippen LogP contribution < -0.4 is 5.32 Å². The summed E-state index contributed by atoms with van der Waals surface area (Å²) in [7, 11) is 0. The third-order valence-corrected chi connectivity index (χ3v) is 4.61. The van der Waals surface area contributed by atoms with E-state index in [4.69, 9.17) is 0 Å². The Kier molecular flexibility index (Phi) is 5.54. The molecule has 1 unspecified atom stereocenters. The summed E-state index contributed by atoms with van der Waals surface area (Å²) >= 11 is 0. The Morgan fingerprint density at radius 3 is 2.44 bits per heavy atom. The van der Waals surface area contributed by atoms with Gasteiger partial charge in [0, 0.05) is 23.7 Å². The second-order valence-electron chi connectivity index (χ2n) is 6.78. The molecule has 1 saturated carbocycles. The first kappa shape index (κ1) is 18.6. The SMILES string of the molecule is CC(C(=O)O)N(Cc1ccccc1)C(=O)c1cccc(NC(=O)C2CC2)c1. The molecular weight excluding hydrogens is 344 g/mol. The van der Waals surface area contributed by atoms with Gasteiger partial charge < -0.3 is 15.3 Å². The molecule has 0 heterocycles. The highest BCUT2D eigenvalue weighted by Crippen LogP contribution is 2.30. The quantitative estimate of drug-likeness (QED) is 0.788. The number of anilines is 1. The summed E-state index contributed by atoms with van der Waals surface area (Å²) in [5.74, 6) is -1.45. The number of nitrogens with zero attached hydrogens (tertiary/aromatic N) is 1. The van der Waals surface area contributed by atoms with Gasteiger partial charge in [-0.1, -0.05) is 36.4 Å². The van der Waals surface area contributed by atoms with Gasteiger partial charge in [-0.25, -0.2) is 4.79 Å². The number of aliphatic carboxylic acids is 1. The number of carboxylic acids is 1. The van der Waals surface area contributed by atoms with Crippen molar-refractivity contribution >= 4 is 23.5 Å². The predicted octanol–water partition coefficient (Wildman–Crippen LogP) is 3.15. The number of hydrogen-bond donors (Lipinski definition) is 2. The number of benzene rings is 2. The average molecular weight is 366 g/mol. The maximum Gasteiger partial charge on any atom is 0.326 e. The minimum atomic E-state index is -1.07. The fourth-order valence-corrected chi connectivity index (χ4v) is 2.78. The van der Waals surface area contributed by atoms with Crippen molar-refractivity contribution in [1.82, 2.24) is 4.90 Å². The van der Waals surface area contributed by atoms with Crippen molar-refractivity contribution < 1.29 is 19.5 Å². The number of nitrogens with one attached hydrogen (secondary N) is 1. The van der Waals surface area contributed by atoms with Crippen molar-refractivity contribution in [3.63, 3.8) is 0 Å². The van der Waals surface area contributed by atoms with Crippen molar-refractivity contribution in [2.24, 2.45) is 5.92 Å². The molecule has 0 aromatic heterocycles. The smallest absolute Gasteiger partial charge is 0.326 e. The van der Waals surface area contributed by atoms with E-state index in [1.807, 2.05) is 30.3 Å². The molecule has 0 radical (unpaired) electrons. The Hall–Kier alpha value is -3.15. The van der Waals surface area contributed by atoms with Gasteiger partial charge in [0.25, 0.3) is 5.91 Å². The number of carboxylic acid groups (broad SMARTS) is 1. The maximum atomic E-state index is 13.0. The number of rotatable bonds is 7. The maximum absolute atomic E-state index is 13.0. The average Bonchev–Trinajstić information content (AvgIpc) is 3.51. The van der Waals surface area contributed by atoms with Gasteiger partial charge in [-0.3, -0.25) is 9.59 Å². The summed E-state index contributed by atoms with van der Waals surface area (Å²) in [5.41, 5.74) is 1.73. The number of hydrogen-bond acceptors (Lipinski definition) is 3. The zero-order chi connectivity index (χ0) is 19.4. The number of carbonyl (C=O) groups excluding carboxylic acids is 2. The minimum Gasteiger partial charge on any atom is -0.480 e. The van der Waals surface area contributed by atoms with E-state index < -0.39 is 17.9 Å². The van der Waals surface area contributed by atoms with Gasteiger partial charge in [0.05, 0.1) is 0 Å². The van der Waals surface area contributed by atoms with Crippen molar-refractivity contribution in [1.29, 1.82) is 0 Å². The monoisotopic (exact) mass is 366 g/mol. The molecule has 1 aliphatic rings. The molecule has 1 fully saturated rings. The lowest BCUT2D eigenvalue weighted by atomic mass is 10.1. The van der Waals surface area contributed by atoms with Crippen LogP contribution in [-0.2, 0) is 16.1 Å². The highest BCUT2D eigenvalue weighted by atomic mass is 16.4. The van der Waals surface area contributed by atoms with Gasteiger partial charge >= 0.3 is 5.97 Å². The van der Waals surface area contributed by atoms with Gasteiger partial charge in [0.1, 0.15) is 6.04 Å². The van der Waals surface area contributed by atoms with E-state index in [2.05, 4.69) is 5.32 Å². The molecule has 3 rings (SSSR count). The Balaban J connectivity index is 1.82. The summed E-state index contributed by atoms with van der Waals surface area (Å²) in [6.45, 7) is 1.67.